The van der Waals surface area contributed by atoms with E-state index in [2.05, 4.69) is 0 Å². The highest BCUT2D eigenvalue weighted by Crippen LogP contribution is 2.34. The topological polar surface area (TPSA) is 17.1 Å². The van der Waals surface area contributed by atoms with Crippen molar-refractivity contribution in [2.75, 3.05) is 0 Å². The van der Waals surface area contributed by atoms with Crippen LogP contribution in [0.25, 0.3) is 0 Å². The van der Waals surface area contributed by atoms with Crippen LogP contribution in [-0.4, -0.2) is 11.0 Å². The summed E-state index contributed by atoms with van der Waals surface area (Å²) < 4.78 is 13.4. The third-order valence-corrected chi connectivity index (χ3v) is 4.23. The number of Topliss-reactive ketones (excluding diaryl/α,β-unsaturated/α-hetero) is 1. The molecule has 15 heavy (non-hydrogen) atoms. The summed E-state index contributed by atoms with van der Waals surface area (Å²) in [6, 6.07) is 4.76. The van der Waals surface area contributed by atoms with Crippen LogP contribution in [0.15, 0.2) is 18.2 Å². The maximum Gasteiger partial charge on any atom is 0.176 e. The van der Waals surface area contributed by atoms with Gasteiger partial charge in [0.05, 0.1) is 5.25 Å². The second-order valence-electron chi connectivity index (χ2n) is 4.11. The summed E-state index contributed by atoms with van der Waals surface area (Å²) in [5.41, 5.74) is 1.15. The van der Waals surface area contributed by atoms with Gasteiger partial charge in [-0.3, -0.25) is 4.79 Å². The fourth-order valence-electron chi connectivity index (χ4n) is 1.83. The number of rotatable bonds is 1. The Balaban J connectivity index is 2.43. The normalized spacial score (nSPS) is 20.5. The molecule has 0 N–H and O–H groups in total. The van der Waals surface area contributed by atoms with Crippen molar-refractivity contribution in [2.45, 2.75) is 24.9 Å². The molecule has 0 radical (unpaired) electrons. The van der Waals surface area contributed by atoms with Gasteiger partial charge in [-0.2, -0.15) is 0 Å². The van der Waals surface area contributed by atoms with Gasteiger partial charge in [0.15, 0.2) is 5.78 Å². The van der Waals surface area contributed by atoms with E-state index in [0.29, 0.717) is 22.8 Å². The molecular formula is C12H13FOS. The lowest BCUT2D eigenvalue weighted by Crippen LogP contribution is -2.28. The van der Waals surface area contributed by atoms with Crippen molar-refractivity contribution in [2.24, 2.45) is 5.92 Å². The van der Waals surface area contributed by atoms with Crippen LogP contribution in [0.5, 0.6) is 0 Å². The van der Waals surface area contributed by atoms with Crippen molar-refractivity contribution < 1.29 is 9.18 Å². The highest BCUT2D eigenvalue weighted by molar-refractivity contribution is 8.00. The van der Waals surface area contributed by atoms with Crippen LogP contribution in [0.1, 0.15) is 29.8 Å². The van der Waals surface area contributed by atoms with Gasteiger partial charge in [0.25, 0.3) is 0 Å². The first-order valence-electron chi connectivity index (χ1n) is 5.04. The van der Waals surface area contributed by atoms with Gasteiger partial charge in [0.1, 0.15) is 5.82 Å². The summed E-state index contributed by atoms with van der Waals surface area (Å²) in [4.78, 5) is 12.0. The molecule has 3 heteroatoms. The van der Waals surface area contributed by atoms with Gasteiger partial charge < -0.3 is 0 Å². The monoisotopic (exact) mass is 224 g/mol. The Kier molecular flexibility index (Phi) is 2.83. The standard InChI is InChI=1S/C12H13FOS/c1-7(2)12-11(14)8-4-3-5-10(13)9(8)6-15-12/h3-5,7,12H,6H2,1-2H3. The fraction of sp³-hybridized carbons (Fsp3) is 0.417. The minimum Gasteiger partial charge on any atom is -0.293 e. The second kappa shape index (κ2) is 3.97. The molecule has 0 aromatic heterocycles. The molecule has 80 valence electrons. The van der Waals surface area contributed by atoms with E-state index in [0.717, 1.165) is 0 Å². The molecule has 1 aromatic rings. The largest absolute Gasteiger partial charge is 0.293 e. The number of hydrogen-bond acceptors (Lipinski definition) is 2. The number of carbonyl (C=O) groups is 1. The number of carbonyl (C=O) groups excluding carboxylic acids is 1. The number of ketones is 1. The molecule has 1 unspecified atom stereocenters. The Morgan fingerprint density at radius 3 is 2.87 bits per heavy atom. The molecule has 1 heterocycles. The van der Waals surface area contributed by atoms with E-state index < -0.39 is 0 Å². The fourth-order valence-corrected chi connectivity index (χ4v) is 3.14. The Labute approximate surface area is 93.1 Å². The first kappa shape index (κ1) is 10.7. The van der Waals surface area contributed by atoms with Crippen molar-refractivity contribution in [3.63, 3.8) is 0 Å². The molecule has 1 aliphatic heterocycles. The first-order valence-corrected chi connectivity index (χ1v) is 6.09. The van der Waals surface area contributed by atoms with E-state index in [4.69, 9.17) is 0 Å². The summed E-state index contributed by atoms with van der Waals surface area (Å²) in [5, 5.41) is -0.0145. The van der Waals surface area contributed by atoms with Crippen LogP contribution in [0, 0.1) is 11.7 Å². The van der Waals surface area contributed by atoms with Gasteiger partial charge in [-0.1, -0.05) is 26.0 Å². The zero-order valence-electron chi connectivity index (χ0n) is 8.79. The van der Waals surface area contributed by atoms with E-state index in [-0.39, 0.29) is 16.9 Å². The Morgan fingerprint density at radius 2 is 2.20 bits per heavy atom. The Bertz CT molecular complexity index is 401. The van der Waals surface area contributed by atoms with Gasteiger partial charge in [-0.25, -0.2) is 4.39 Å². The average molecular weight is 224 g/mol. The molecule has 0 bridgehead atoms. The van der Waals surface area contributed by atoms with Crippen LogP contribution in [0.3, 0.4) is 0 Å². The molecule has 0 amide bonds. The number of fused-ring (bicyclic) bond motifs is 1. The summed E-state index contributed by atoms with van der Waals surface area (Å²) >= 11 is 1.55. The molecule has 0 saturated heterocycles. The zero-order valence-corrected chi connectivity index (χ0v) is 9.60. The van der Waals surface area contributed by atoms with Crippen LogP contribution in [0.2, 0.25) is 0 Å². The zero-order chi connectivity index (χ0) is 11.0. The highest BCUT2D eigenvalue weighted by Gasteiger charge is 2.31. The molecule has 0 aliphatic carbocycles. The van der Waals surface area contributed by atoms with E-state index in [9.17, 15) is 9.18 Å². The molecule has 1 nitrogen and oxygen atoms in total. The minimum atomic E-state index is -0.254. The molecule has 1 aliphatic rings. The third kappa shape index (κ3) is 1.81. The summed E-state index contributed by atoms with van der Waals surface area (Å²) in [6.45, 7) is 4.06. The Morgan fingerprint density at radius 1 is 1.47 bits per heavy atom. The number of halogens is 1. The van der Waals surface area contributed by atoms with E-state index in [1.165, 1.54) is 6.07 Å². The van der Waals surface area contributed by atoms with Gasteiger partial charge in [0, 0.05) is 16.9 Å². The number of benzene rings is 1. The van der Waals surface area contributed by atoms with Gasteiger partial charge in [0.2, 0.25) is 0 Å². The van der Waals surface area contributed by atoms with E-state index in [1.54, 1.807) is 23.9 Å². The van der Waals surface area contributed by atoms with Crippen LogP contribution in [-0.2, 0) is 5.75 Å². The summed E-state index contributed by atoms with van der Waals surface area (Å²) in [7, 11) is 0. The molecular weight excluding hydrogens is 211 g/mol. The summed E-state index contributed by atoms with van der Waals surface area (Å²) in [5.74, 6) is 0.738. The quantitative estimate of drug-likeness (QED) is 0.728. The third-order valence-electron chi connectivity index (χ3n) is 2.66. The van der Waals surface area contributed by atoms with Gasteiger partial charge in [-0.15, -0.1) is 11.8 Å². The van der Waals surface area contributed by atoms with Crippen LogP contribution in [0.4, 0.5) is 4.39 Å². The van der Waals surface area contributed by atoms with Gasteiger partial charge in [-0.05, 0) is 12.0 Å². The molecule has 0 saturated carbocycles. The SMILES string of the molecule is CC(C)C1SCc2c(F)cccc2C1=O. The molecule has 1 aromatic carbocycles. The van der Waals surface area contributed by atoms with Gasteiger partial charge >= 0.3 is 0 Å². The van der Waals surface area contributed by atoms with Crippen molar-refractivity contribution in [1.29, 1.82) is 0 Å². The highest BCUT2D eigenvalue weighted by atomic mass is 32.2. The van der Waals surface area contributed by atoms with E-state index in [1.807, 2.05) is 13.8 Å². The predicted molar refractivity (Wildman–Crippen MR) is 60.7 cm³/mol. The van der Waals surface area contributed by atoms with Crippen molar-refractivity contribution in [3.8, 4) is 0 Å². The molecule has 0 fully saturated rings. The molecule has 0 spiro atoms. The lowest BCUT2D eigenvalue weighted by Gasteiger charge is -2.25. The lowest BCUT2D eigenvalue weighted by molar-refractivity contribution is 0.0972. The number of hydrogen-bond donors (Lipinski definition) is 0. The van der Waals surface area contributed by atoms with Crippen LogP contribution < -0.4 is 0 Å². The van der Waals surface area contributed by atoms with Crippen molar-refractivity contribution in [1.82, 2.24) is 0 Å². The molecule has 2 rings (SSSR count). The van der Waals surface area contributed by atoms with Crippen LogP contribution >= 0.6 is 11.8 Å². The second-order valence-corrected chi connectivity index (χ2v) is 5.24. The van der Waals surface area contributed by atoms with Crippen molar-refractivity contribution >= 4 is 17.5 Å². The predicted octanol–water partition coefficient (Wildman–Crippen LogP) is 3.28. The van der Waals surface area contributed by atoms with Crippen molar-refractivity contribution in [3.05, 3.63) is 35.1 Å². The minimum absolute atomic E-state index is 0.0145. The average Bonchev–Trinajstić information content (AvgIpc) is 2.19. The Hall–Kier alpha value is -0.830. The van der Waals surface area contributed by atoms with E-state index >= 15 is 0 Å². The lowest BCUT2D eigenvalue weighted by atomic mass is 9.96. The smallest absolute Gasteiger partial charge is 0.176 e. The number of thioether (sulfide) groups is 1. The maximum atomic E-state index is 13.4. The summed E-state index contributed by atoms with van der Waals surface area (Å²) in [6.07, 6.45) is 0. The maximum absolute atomic E-state index is 13.4. The first-order chi connectivity index (χ1) is 7.11. The molecule has 1 atom stereocenters.